The fourth-order valence-electron chi connectivity index (χ4n) is 2.76. The lowest BCUT2D eigenvalue weighted by Gasteiger charge is -2.01. The third-order valence-electron chi connectivity index (χ3n) is 4.48. The van der Waals surface area contributed by atoms with Crippen molar-refractivity contribution in [1.82, 2.24) is 5.32 Å². The Morgan fingerprint density at radius 2 is 1.83 bits per heavy atom. The largest absolute Gasteiger partial charge is 0.457 e. The summed E-state index contributed by atoms with van der Waals surface area (Å²) in [4.78, 5) is 17.3. The van der Waals surface area contributed by atoms with E-state index >= 15 is 0 Å². The molecule has 2 heterocycles. The number of nitrogens with one attached hydrogen (secondary N) is 1. The molecule has 29 heavy (non-hydrogen) atoms. The molecule has 0 unspecified atom stereocenters. The van der Waals surface area contributed by atoms with Gasteiger partial charge in [0.1, 0.15) is 11.5 Å². The molecule has 4 rings (SSSR count). The van der Waals surface area contributed by atoms with Crippen molar-refractivity contribution in [3.63, 3.8) is 0 Å². The van der Waals surface area contributed by atoms with E-state index in [0.29, 0.717) is 31.6 Å². The normalized spacial score (nSPS) is 16.6. The van der Waals surface area contributed by atoms with Crippen LogP contribution in [0.5, 0.6) is 0 Å². The summed E-state index contributed by atoms with van der Waals surface area (Å²) >= 11 is 13.3. The van der Waals surface area contributed by atoms with Gasteiger partial charge in [-0.05, 0) is 79.2 Å². The van der Waals surface area contributed by atoms with Crippen molar-refractivity contribution in [3.05, 3.63) is 80.4 Å². The van der Waals surface area contributed by atoms with E-state index in [-0.39, 0.29) is 5.91 Å². The number of carbonyl (C=O) groups excluding carboxylic acids is 1. The minimum atomic E-state index is -0.204. The molecule has 7 heteroatoms. The molecule has 1 fully saturated rings. The minimum Gasteiger partial charge on any atom is -0.457 e. The van der Waals surface area contributed by atoms with Gasteiger partial charge in [-0.15, -0.1) is 0 Å². The van der Waals surface area contributed by atoms with Crippen LogP contribution in [-0.4, -0.2) is 11.1 Å². The second kappa shape index (κ2) is 8.11. The van der Waals surface area contributed by atoms with E-state index in [9.17, 15) is 4.79 Å². The number of rotatable bonds is 3. The third kappa shape index (κ3) is 4.42. The van der Waals surface area contributed by atoms with Gasteiger partial charge in [-0.2, -0.15) is 0 Å². The lowest BCUT2D eigenvalue weighted by Crippen LogP contribution is -2.19. The highest BCUT2D eigenvalue weighted by atomic mass is 35.5. The van der Waals surface area contributed by atoms with Crippen molar-refractivity contribution >= 4 is 57.8 Å². The van der Waals surface area contributed by atoms with Gasteiger partial charge in [0.05, 0.1) is 20.6 Å². The maximum Gasteiger partial charge on any atom is 0.264 e. The Morgan fingerprint density at radius 3 is 2.59 bits per heavy atom. The number of amides is 1. The predicted molar refractivity (Wildman–Crippen MR) is 121 cm³/mol. The Hall–Kier alpha value is -2.47. The molecule has 4 nitrogen and oxygen atoms in total. The van der Waals surface area contributed by atoms with Gasteiger partial charge in [0, 0.05) is 11.6 Å². The first-order valence-electron chi connectivity index (χ1n) is 8.81. The fraction of sp³-hybridized carbons (Fsp3) is 0.0909. The van der Waals surface area contributed by atoms with Crippen LogP contribution in [-0.2, 0) is 4.79 Å². The number of amidine groups is 1. The van der Waals surface area contributed by atoms with Gasteiger partial charge in [0.25, 0.3) is 5.91 Å². The Balaban J connectivity index is 1.55. The van der Waals surface area contributed by atoms with Gasteiger partial charge in [-0.1, -0.05) is 29.3 Å². The van der Waals surface area contributed by atoms with E-state index in [1.165, 1.54) is 17.3 Å². The van der Waals surface area contributed by atoms with Crippen molar-refractivity contribution in [1.29, 1.82) is 0 Å². The molecule has 0 bridgehead atoms. The van der Waals surface area contributed by atoms with E-state index in [1.54, 1.807) is 24.3 Å². The molecule has 1 N–H and O–H groups in total. The van der Waals surface area contributed by atoms with Crippen LogP contribution < -0.4 is 5.32 Å². The zero-order chi connectivity index (χ0) is 20.5. The second-order valence-electron chi connectivity index (χ2n) is 6.58. The van der Waals surface area contributed by atoms with E-state index in [1.807, 2.05) is 37.3 Å². The van der Waals surface area contributed by atoms with Crippen LogP contribution in [0.1, 0.15) is 16.9 Å². The monoisotopic (exact) mass is 442 g/mol. The van der Waals surface area contributed by atoms with Crippen molar-refractivity contribution < 1.29 is 9.21 Å². The van der Waals surface area contributed by atoms with Gasteiger partial charge in [-0.25, -0.2) is 4.99 Å². The first-order valence-corrected chi connectivity index (χ1v) is 10.4. The molecule has 146 valence electrons. The van der Waals surface area contributed by atoms with Crippen LogP contribution in [0.15, 0.2) is 62.8 Å². The number of aryl methyl sites for hydroxylation is 2. The first kappa shape index (κ1) is 19.8. The van der Waals surface area contributed by atoms with Crippen LogP contribution >= 0.6 is 35.0 Å². The summed E-state index contributed by atoms with van der Waals surface area (Å²) < 4.78 is 5.85. The van der Waals surface area contributed by atoms with Crippen LogP contribution in [0.4, 0.5) is 5.69 Å². The van der Waals surface area contributed by atoms with Gasteiger partial charge in [-0.3, -0.25) is 4.79 Å². The molecule has 3 aromatic rings. The smallest absolute Gasteiger partial charge is 0.264 e. The molecule has 2 aromatic carbocycles. The summed E-state index contributed by atoms with van der Waals surface area (Å²) in [6.45, 7) is 4.09. The molecule has 0 saturated carbocycles. The number of benzene rings is 2. The highest BCUT2D eigenvalue weighted by Crippen LogP contribution is 2.32. The highest BCUT2D eigenvalue weighted by molar-refractivity contribution is 8.18. The summed E-state index contributed by atoms with van der Waals surface area (Å²) in [6, 6.07) is 14.9. The molecule has 1 aromatic heterocycles. The van der Waals surface area contributed by atoms with E-state index < -0.39 is 0 Å². The van der Waals surface area contributed by atoms with Gasteiger partial charge < -0.3 is 9.73 Å². The summed E-state index contributed by atoms with van der Waals surface area (Å²) in [7, 11) is 0. The second-order valence-corrected chi connectivity index (χ2v) is 8.43. The molecule has 1 amide bonds. The highest BCUT2D eigenvalue weighted by Gasteiger charge is 2.24. The molecule has 1 aliphatic heterocycles. The van der Waals surface area contributed by atoms with Crippen LogP contribution in [0.3, 0.4) is 0 Å². The SMILES string of the molecule is Cc1ccc(N=C2NC(=O)/C(=C/c3ccc(-c4ccc(Cl)c(Cl)c4)o3)S2)cc1C. The molecule has 0 spiro atoms. The topological polar surface area (TPSA) is 54.6 Å². The fourth-order valence-corrected chi connectivity index (χ4v) is 3.88. The number of carbonyl (C=O) groups is 1. The summed E-state index contributed by atoms with van der Waals surface area (Å²) in [5.74, 6) is 1.00. The number of halogens is 2. The van der Waals surface area contributed by atoms with Gasteiger partial charge in [0.2, 0.25) is 0 Å². The molecular formula is C22H16Cl2N2O2S. The Kier molecular flexibility index (Phi) is 5.54. The quantitative estimate of drug-likeness (QED) is 0.455. The average Bonchev–Trinajstić information content (AvgIpc) is 3.28. The third-order valence-corrected chi connectivity index (χ3v) is 6.13. The van der Waals surface area contributed by atoms with Crippen molar-refractivity contribution in [2.45, 2.75) is 13.8 Å². The van der Waals surface area contributed by atoms with Crippen LogP contribution in [0.2, 0.25) is 10.0 Å². The number of furan rings is 1. The molecule has 0 radical (unpaired) electrons. The molecule has 1 saturated heterocycles. The zero-order valence-corrected chi connectivity index (χ0v) is 18.0. The lowest BCUT2D eigenvalue weighted by atomic mass is 10.1. The number of aliphatic imine (C=N–C) groups is 1. The predicted octanol–water partition coefficient (Wildman–Crippen LogP) is 6.76. The molecule has 0 aliphatic carbocycles. The van der Waals surface area contributed by atoms with E-state index in [4.69, 9.17) is 27.6 Å². The minimum absolute atomic E-state index is 0.204. The van der Waals surface area contributed by atoms with Crippen LogP contribution in [0, 0.1) is 13.8 Å². The maximum atomic E-state index is 12.3. The standard InChI is InChI=1S/C22H16Cl2N2O2S/c1-12-3-5-15(9-13(12)2)25-22-26-21(27)20(29-22)11-16-6-8-19(28-16)14-4-7-17(23)18(24)10-14/h3-11H,1-2H3,(H,25,26,27)/b20-11-. The van der Waals surface area contributed by atoms with Crippen molar-refractivity contribution in [2.24, 2.45) is 4.99 Å². The Labute approximate surface area is 182 Å². The molecular weight excluding hydrogens is 427 g/mol. The average molecular weight is 443 g/mol. The summed E-state index contributed by atoms with van der Waals surface area (Å²) in [5.41, 5.74) is 3.97. The number of hydrogen-bond acceptors (Lipinski definition) is 4. The summed E-state index contributed by atoms with van der Waals surface area (Å²) in [6.07, 6.45) is 1.70. The number of nitrogens with zero attached hydrogens (tertiary/aromatic N) is 1. The van der Waals surface area contributed by atoms with E-state index in [0.717, 1.165) is 16.8 Å². The van der Waals surface area contributed by atoms with Crippen molar-refractivity contribution in [2.75, 3.05) is 0 Å². The lowest BCUT2D eigenvalue weighted by molar-refractivity contribution is -0.115. The number of hydrogen-bond donors (Lipinski definition) is 1. The number of thioether (sulfide) groups is 1. The van der Waals surface area contributed by atoms with Crippen LogP contribution in [0.25, 0.3) is 17.4 Å². The summed E-state index contributed by atoms with van der Waals surface area (Å²) in [5, 5.41) is 4.28. The van der Waals surface area contributed by atoms with E-state index in [2.05, 4.69) is 17.2 Å². The van der Waals surface area contributed by atoms with Crippen molar-refractivity contribution in [3.8, 4) is 11.3 Å². The Bertz CT molecular complexity index is 1180. The Morgan fingerprint density at radius 1 is 1.00 bits per heavy atom. The maximum absolute atomic E-state index is 12.3. The molecule has 0 atom stereocenters. The zero-order valence-electron chi connectivity index (χ0n) is 15.6. The molecule has 1 aliphatic rings. The van der Waals surface area contributed by atoms with Gasteiger partial charge in [0.15, 0.2) is 5.17 Å². The first-order chi connectivity index (χ1) is 13.9. The van der Waals surface area contributed by atoms with Gasteiger partial charge >= 0.3 is 0 Å².